The summed E-state index contributed by atoms with van der Waals surface area (Å²) in [6, 6.07) is 0. The maximum atomic E-state index is 3.97. The molecule has 1 aromatic heterocycles. The van der Waals surface area contributed by atoms with Crippen LogP contribution in [0.4, 0.5) is 0 Å². The van der Waals surface area contributed by atoms with E-state index in [2.05, 4.69) is 49.0 Å². The molecule has 0 spiro atoms. The van der Waals surface area contributed by atoms with Gasteiger partial charge in [-0.05, 0) is 68.6 Å². The van der Waals surface area contributed by atoms with Gasteiger partial charge in [-0.1, -0.05) is 37.6 Å². The molecule has 2 atom stereocenters. The third-order valence-electron chi connectivity index (χ3n) is 4.19. The summed E-state index contributed by atoms with van der Waals surface area (Å²) in [5.74, 6) is 2.32. The number of hydrogen-bond acceptors (Lipinski definition) is 2. The van der Waals surface area contributed by atoms with Crippen molar-refractivity contribution in [2.24, 2.45) is 11.8 Å². The Morgan fingerprint density at radius 3 is 2.27 bits per heavy atom. The Balaban J connectivity index is 0.000000188. The average Bonchev–Trinajstić information content (AvgIpc) is 2.59. The molecule has 22 heavy (non-hydrogen) atoms. The summed E-state index contributed by atoms with van der Waals surface area (Å²) in [5, 5.41) is 0. The summed E-state index contributed by atoms with van der Waals surface area (Å²) >= 11 is 0. The largest absolute Gasteiger partial charge is 0.241 e. The van der Waals surface area contributed by atoms with E-state index >= 15 is 0 Å². The summed E-state index contributed by atoms with van der Waals surface area (Å²) in [7, 11) is 0. The van der Waals surface area contributed by atoms with E-state index in [9.17, 15) is 0 Å². The number of nitrogens with zero attached hydrogens (tertiary/aromatic N) is 2. The van der Waals surface area contributed by atoms with Gasteiger partial charge in [0.05, 0.1) is 0 Å². The average molecular weight is 296 g/mol. The molecular formula is C20H28N2. The van der Waals surface area contributed by atoms with Crippen LogP contribution in [0.2, 0.25) is 0 Å². The van der Waals surface area contributed by atoms with Crippen molar-refractivity contribution in [1.82, 2.24) is 9.97 Å². The second-order valence-electron chi connectivity index (χ2n) is 6.79. The highest BCUT2D eigenvalue weighted by Crippen LogP contribution is 2.35. The van der Waals surface area contributed by atoms with Gasteiger partial charge in [-0.2, -0.15) is 0 Å². The van der Waals surface area contributed by atoms with Crippen LogP contribution in [-0.2, 0) is 0 Å². The number of aryl methyl sites for hydroxylation is 2. The Kier molecular flexibility index (Phi) is 5.70. The van der Waals surface area contributed by atoms with Gasteiger partial charge >= 0.3 is 0 Å². The lowest BCUT2D eigenvalue weighted by Gasteiger charge is -2.23. The number of hydrogen-bond donors (Lipinski definition) is 0. The zero-order valence-electron chi connectivity index (χ0n) is 14.6. The van der Waals surface area contributed by atoms with Crippen molar-refractivity contribution in [2.45, 2.75) is 53.9 Å². The molecular weight excluding hydrogens is 268 g/mol. The smallest absolute Gasteiger partial charge is 0.125 e. The van der Waals surface area contributed by atoms with Crippen LogP contribution in [0, 0.1) is 25.7 Å². The molecule has 0 radical (unpaired) electrons. The molecule has 0 amide bonds. The molecule has 0 aromatic carbocycles. The fraction of sp³-hybridized carbons (Fsp3) is 0.500. The van der Waals surface area contributed by atoms with E-state index < -0.39 is 0 Å². The third-order valence-corrected chi connectivity index (χ3v) is 4.19. The Hall–Kier alpha value is -1.70. The number of allylic oxidation sites excluding steroid dienone is 6. The molecule has 1 aromatic rings. The highest BCUT2D eigenvalue weighted by molar-refractivity contribution is 5.42. The van der Waals surface area contributed by atoms with Crippen molar-refractivity contribution in [2.75, 3.05) is 0 Å². The van der Waals surface area contributed by atoms with Gasteiger partial charge in [0.1, 0.15) is 5.82 Å². The first-order chi connectivity index (χ1) is 10.4. The van der Waals surface area contributed by atoms with E-state index in [1.807, 2.05) is 26.2 Å². The second-order valence-corrected chi connectivity index (χ2v) is 6.79. The van der Waals surface area contributed by atoms with Gasteiger partial charge in [-0.15, -0.1) is 0 Å². The normalized spacial score (nSPS) is 24.0. The van der Waals surface area contributed by atoms with E-state index in [0.717, 1.165) is 17.3 Å². The lowest BCUT2D eigenvalue weighted by Crippen LogP contribution is -2.07. The predicted octanol–water partition coefficient (Wildman–Crippen LogP) is 5.35. The van der Waals surface area contributed by atoms with Crippen molar-refractivity contribution in [1.29, 1.82) is 0 Å². The predicted molar refractivity (Wildman–Crippen MR) is 93.6 cm³/mol. The summed E-state index contributed by atoms with van der Waals surface area (Å²) in [6.07, 6.45) is 14.8. The van der Waals surface area contributed by atoms with Crippen LogP contribution in [0.25, 0.3) is 0 Å². The molecule has 2 unspecified atom stereocenters. The molecule has 1 saturated carbocycles. The fourth-order valence-corrected chi connectivity index (χ4v) is 3.07. The van der Waals surface area contributed by atoms with E-state index in [-0.39, 0.29) is 0 Å². The minimum absolute atomic E-state index is 0.615. The maximum Gasteiger partial charge on any atom is 0.125 e. The molecule has 2 heteroatoms. The van der Waals surface area contributed by atoms with Gasteiger partial charge in [-0.3, -0.25) is 0 Å². The van der Waals surface area contributed by atoms with Gasteiger partial charge in [-0.25, -0.2) is 9.97 Å². The Labute approximate surface area is 135 Å². The van der Waals surface area contributed by atoms with E-state index in [1.54, 1.807) is 11.1 Å². The van der Waals surface area contributed by atoms with Gasteiger partial charge in [0.25, 0.3) is 0 Å². The fourth-order valence-electron chi connectivity index (χ4n) is 3.07. The Bertz CT molecular complexity index is 570. The molecule has 2 aliphatic rings. The van der Waals surface area contributed by atoms with Gasteiger partial charge < -0.3 is 0 Å². The highest BCUT2D eigenvalue weighted by Gasteiger charge is 2.19. The van der Waals surface area contributed by atoms with Crippen LogP contribution in [0.1, 0.15) is 51.4 Å². The monoisotopic (exact) mass is 296 g/mol. The molecule has 0 aliphatic heterocycles. The number of aromatic nitrogens is 2. The second kappa shape index (κ2) is 7.53. The molecule has 0 N–H and O–H groups in total. The van der Waals surface area contributed by atoms with Gasteiger partial charge in [0.2, 0.25) is 0 Å². The van der Waals surface area contributed by atoms with Crippen LogP contribution in [0.3, 0.4) is 0 Å². The van der Waals surface area contributed by atoms with E-state index in [4.69, 9.17) is 0 Å². The molecule has 2 nitrogen and oxygen atoms in total. The molecule has 1 fully saturated rings. The highest BCUT2D eigenvalue weighted by atomic mass is 14.8. The van der Waals surface area contributed by atoms with Crippen LogP contribution < -0.4 is 0 Å². The molecule has 1 heterocycles. The molecule has 2 aliphatic carbocycles. The van der Waals surface area contributed by atoms with Crippen molar-refractivity contribution >= 4 is 0 Å². The van der Waals surface area contributed by atoms with Crippen LogP contribution in [0.15, 0.2) is 47.3 Å². The zero-order chi connectivity index (χ0) is 16.1. The zero-order valence-corrected chi connectivity index (χ0v) is 14.6. The molecule has 0 bridgehead atoms. The minimum atomic E-state index is 0.615. The maximum absolute atomic E-state index is 3.97. The number of fused-ring (bicyclic) bond motifs is 1. The SMILES string of the molecule is CC1=CC(C)C=C2CC(C)CCC2=C1.Cc1cnc(C)nc1. The molecule has 0 saturated heterocycles. The minimum Gasteiger partial charge on any atom is -0.241 e. The Morgan fingerprint density at radius 1 is 0.955 bits per heavy atom. The van der Waals surface area contributed by atoms with Crippen LogP contribution in [0.5, 0.6) is 0 Å². The first-order valence-electron chi connectivity index (χ1n) is 8.29. The van der Waals surface area contributed by atoms with Gasteiger partial charge in [0, 0.05) is 12.4 Å². The summed E-state index contributed by atoms with van der Waals surface area (Å²) in [6.45, 7) is 10.7. The molecule has 118 valence electrons. The summed E-state index contributed by atoms with van der Waals surface area (Å²) in [5.41, 5.74) is 5.76. The van der Waals surface area contributed by atoms with Crippen LogP contribution in [-0.4, -0.2) is 9.97 Å². The van der Waals surface area contributed by atoms with Gasteiger partial charge in [0.15, 0.2) is 0 Å². The summed E-state index contributed by atoms with van der Waals surface area (Å²) < 4.78 is 0. The van der Waals surface area contributed by atoms with Crippen molar-refractivity contribution in [3.63, 3.8) is 0 Å². The van der Waals surface area contributed by atoms with E-state index in [0.29, 0.717) is 5.92 Å². The summed E-state index contributed by atoms with van der Waals surface area (Å²) in [4.78, 5) is 7.94. The topological polar surface area (TPSA) is 25.8 Å². The van der Waals surface area contributed by atoms with Crippen LogP contribution >= 0.6 is 0 Å². The lowest BCUT2D eigenvalue weighted by atomic mass is 9.82. The number of rotatable bonds is 0. The quantitative estimate of drug-likeness (QED) is 0.645. The van der Waals surface area contributed by atoms with Crippen molar-refractivity contribution < 1.29 is 0 Å². The van der Waals surface area contributed by atoms with Crippen molar-refractivity contribution in [3.05, 3.63) is 58.7 Å². The first-order valence-corrected chi connectivity index (χ1v) is 8.29. The lowest BCUT2D eigenvalue weighted by molar-refractivity contribution is 0.496. The first kappa shape index (κ1) is 16.7. The van der Waals surface area contributed by atoms with E-state index in [1.165, 1.54) is 24.8 Å². The molecule has 3 rings (SSSR count). The Morgan fingerprint density at radius 2 is 1.64 bits per heavy atom. The third kappa shape index (κ3) is 4.94. The standard InChI is InChI=1S/C14H20.C6H8N2/c1-10-4-5-13-8-11(2)6-12(3)9-14(13)7-10;1-5-3-7-6(2)8-4-5/h6,8-10,12H,4-5,7H2,1-3H3;3-4H,1-2H3. The van der Waals surface area contributed by atoms with Crippen molar-refractivity contribution in [3.8, 4) is 0 Å².